The van der Waals surface area contributed by atoms with Crippen molar-refractivity contribution >= 4 is 58.0 Å². The van der Waals surface area contributed by atoms with Gasteiger partial charge in [-0.1, -0.05) is 70.1 Å². The predicted octanol–water partition coefficient (Wildman–Crippen LogP) is 7.36. The van der Waals surface area contributed by atoms with E-state index in [1.165, 1.54) is 11.6 Å². The first-order valence-corrected chi connectivity index (χ1v) is 9.35. The molecule has 0 radical (unpaired) electrons. The predicted molar refractivity (Wildman–Crippen MR) is 107 cm³/mol. The SMILES string of the molecule is ClC(Cl)=CCOc1cc(Cl)c(OCCCc2ccc(Cl)cc2)c(Cl)c1. The largest absolute Gasteiger partial charge is 0.490 e. The summed E-state index contributed by atoms with van der Waals surface area (Å²) in [5.41, 5.74) is 1.19. The summed E-state index contributed by atoms with van der Waals surface area (Å²) in [6, 6.07) is 11.0. The summed E-state index contributed by atoms with van der Waals surface area (Å²) in [4.78, 5) is 0. The monoisotopic (exact) mass is 438 g/mol. The van der Waals surface area contributed by atoms with E-state index in [2.05, 4.69) is 0 Å². The van der Waals surface area contributed by atoms with E-state index >= 15 is 0 Å². The normalized spacial score (nSPS) is 10.4. The molecule has 0 fully saturated rings. The molecule has 134 valence electrons. The maximum Gasteiger partial charge on any atom is 0.156 e. The molecule has 2 aromatic carbocycles. The topological polar surface area (TPSA) is 18.5 Å². The van der Waals surface area contributed by atoms with Crippen LogP contribution in [0.3, 0.4) is 0 Å². The molecule has 2 aromatic rings. The number of aryl methyl sites for hydroxylation is 1. The summed E-state index contributed by atoms with van der Waals surface area (Å²) in [5, 5.41) is 1.49. The van der Waals surface area contributed by atoms with E-state index in [4.69, 9.17) is 67.5 Å². The van der Waals surface area contributed by atoms with Crippen LogP contribution in [-0.2, 0) is 6.42 Å². The molecule has 0 saturated carbocycles. The van der Waals surface area contributed by atoms with E-state index in [-0.39, 0.29) is 11.1 Å². The van der Waals surface area contributed by atoms with Gasteiger partial charge in [0.1, 0.15) is 16.8 Å². The third kappa shape index (κ3) is 7.16. The quantitative estimate of drug-likeness (QED) is 0.399. The Kier molecular flexibility index (Phi) is 8.54. The van der Waals surface area contributed by atoms with Gasteiger partial charge in [-0.2, -0.15) is 0 Å². The second-order valence-electron chi connectivity index (χ2n) is 5.10. The molecule has 25 heavy (non-hydrogen) atoms. The van der Waals surface area contributed by atoms with Crippen LogP contribution in [0.5, 0.6) is 11.5 Å². The molecule has 0 unspecified atom stereocenters. The first kappa shape index (κ1) is 20.5. The summed E-state index contributed by atoms with van der Waals surface area (Å²) in [5.74, 6) is 0.951. The molecule has 0 saturated heterocycles. The molecule has 0 aliphatic rings. The lowest BCUT2D eigenvalue weighted by Crippen LogP contribution is -2.01. The average molecular weight is 441 g/mol. The summed E-state index contributed by atoms with van der Waals surface area (Å²) >= 11 is 29.3. The number of ether oxygens (including phenoxy) is 2. The molecule has 0 heterocycles. The Morgan fingerprint density at radius 1 is 0.920 bits per heavy atom. The lowest BCUT2D eigenvalue weighted by atomic mass is 10.1. The van der Waals surface area contributed by atoms with E-state index in [0.717, 1.165) is 17.9 Å². The average Bonchev–Trinajstić information content (AvgIpc) is 2.55. The third-order valence-electron chi connectivity index (χ3n) is 3.23. The molecule has 2 nitrogen and oxygen atoms in total. The van der Waals surface area contributed by atoms with Crippen molar-refractivity contribution in [3.05, 3.63) is 67.6 Å². The van der Waals surface area contributed by atoms with Gasteiger partial charge in [0.2, 0.25) is 0 Å². The van der Waals surface area contributed by atoms with Crippen molar-refractivity contribution in [1.82, 2.24) is 0 Å². The zero-order valence-corrected chi connectivity index (χ0v) is 16.9. The number of rotatable bonds is 8. The van der Waals surface area contributed by atoms with E-state index in [1.807, 2.05) is 24.3 Å². The van der Waals surface area contributed by atoms with Gasteiger partial charge in [0, 0.05) is 17.2 Å². The zero-order valence-electron chi connectivity index (χ0n) is 13.1. The second kappa shape index (κ2) is 10.4. The molecule has 0 aliphatic heterocycles. The maximum atomic E-state index is 6.22. The number of benzene rings is 2. The van der Waals surface area contributed by atoms with Crippen molar-refractivity contribution < 1.29 is 9.47 Å². The molecule has 0 aromatic heterocycles. The number of hydrogen-bond acceptors (Lipinski definition) is 2. The highest BCUT2D eigenvalue weighted by atomic mass is 35.5. The molecule has 0 aliphatic carbocycles. The van der Waals surface area contributed by atoms with Crippen LogP contribution in [0, 0.1) is 0 Å². The molecule has 0 atom stereocenters. The Labute approximate surface area is 172 Å². The Bertz CT molecular complexity index is 702. The van der Waals surface area contributed by atoms with Crippen LogP contribution in [0.25, 0.3) is 0 Å². The molecule has 7 heteroatoms. The van der Waals surface area contributed by atoms with Crippen LogP contribution in [0.4, 0.5) is 0 Å². The van der Waals surface area contributed by atoms with E-state index < -0.39 is 0 Å². The third-order valence-corrected chi connectivity index (χ3v) is 4.35. The van der Waals surface area contributed by atoms with Crippen molar-refractivity contribution in [3.8, 4) is 11.5 Å². The molecule has 0 bridgehead atoms. The Morgan fingerprint density at radius 3 is 2.16 bits per heavy atom. The summed E-state index contributed by atoms with van der Waals surface area (Å²) in [7, 11) is 0. The lowest BCUT2D eigenvalue weighted by molar-refractivity contribution is 0.310. The fourth-order valence-corrected chi connectivity index (χ4v) is 2.89. The number of halogens is 5. The van der Waals surface area contributed by atoms with Crippen LogP contribution in [-0.4, -0.2) is 13.2 Å². The van der Waals surface area contributed by atoms with E-state index in [1.54, 1.807) is 12.1 Å². The minimum Gasteiger partial charge on any atom is -0.490 e. The van der Waals surface area contributed by atoms with Crippen LogP contribution < -0.4 is 9.47 Å². The van der Waals surface area contributed by atoms with Crippen LogP contribution in [0.1, 0.15) is 12.0 Å². The standard InChI is InChI=1S/C18H15Cl5O2/c19-13-5-3-12(4-6-13)2-1-8-25-18-15(20)10-14(11-16(18)21)24-9-7-17(22)23/h3-7,10-11H,1-2,8-9H2. The van der Waals surface area contributed by atoms with Gasteiger partial charge in [0.25, 0.3) is 0 Å². The molecule has 0 amide bonds. The Hall–Kier alpha value is -0.770. The van der Waals surface area contributed by atoms with Crippen LogP contribution in [0.15, 0.2) is 47.0 Å². The minimum atomic E-state index is 0.137. The highest BCUT2D eigenvalue weighted by molar-refractivity contribution is 6.55. The van der Waals surface area contributed by atoms with Crippen molar-refractivity contribution in [1.29, 1.82) is 0 Å². The Balaban J connectivity index is 1.86. The van der Waals surface area contributed by atoms with E-state index in [9.17, 15) is 0 Å². The van der Waals surface area contributed by atoms with Gasteiger partial charge in [0.15, 0.2) is 5.75 Å². The molecular formula is C18H15Cl5O2. The number of hydrogen-bond donors (Lipinski definition) is 0. The minimum absolute atomic E-state index is 0.137. The van der Waals surface area contributed by atoms with Crippen LogP contribution in [0.2, 0.25) is 15.1 Å². The zero-order chi connectivity index (χ0) is 18.2. The Morgan fingerprint density at radius 2 is 1.56 bits per heavy atom. The fraction of sp³-hybridized carbons (Fsp3) is 0.222. The molecule has 0 N–H and O–H groups in total. The molecular weight excluding hydrogens is 425 g/mol. The van der Waals surface area contributed by atoms with Gasteiger partial charge in [-0.15, -0.1) is 0 Å². The first-order chi connectivity index (χ1) is 12.0. The van der Waals surface area contributed by atoms with Crippen LogP contribution >= 0.6 is 58.0 Å². The van der Waals surface area contributed by atoms with Gasteiger partial charge in [-0.05, 0) is 36.6 Å². The van der Waals surface area contributed by atoms with Gasteiger partial charge in [-0.25, -0.2) is 0 Å². The second-order valence-corrected chi connectivity index (χ2v) is 7.36. The van der Waals surface area contributed by atoms with E-state index in [0.29, 0.717) is 28.2 Å². The molecule has 2 rings (SSSR count). The highest BCUT2D eigenvalue weighted by Crippen LogP contribution is 2.37. The fourth-order valence-electron chi connectivity index (χ4n) is 2.06. The smallest absolute Gasteiger partial charge is 0.156 e. The summed E-state index contributed by atoms with van der Waals surface area (Å²) in [6.07, 6.45) is 3.22. The van der Waals surface area contributed by atoms with Crippen molar-refractivity contribution in [2.24, 2.45) is 0 Å². The van der Waals surface area contributed by atoms with Gasteiger partial charge in [0.05, 0.1) is 16.7 Å². The van der Waals surface area contributed by atoms with Gasteiger partial charge < -0.3 is 9.47 Å². The van der Waals surface area contributed by atoms with Gasteiger partial charge in [-0.3, -0.25) is 0 Å². The summed E-state index contributed by atoms with van der Waals surface area (Å²) < 4.78 is 11.3. The first-order valence-electron chi connectivity index (χ1n) is 7.46. The molecule has 0 spiro atoms. The highest BCUT2D eigenvalue weighted by Gasteiger charge is 2.10. The van der Waals surface area contributed by atoms with Crippen molar-refractivity contribution in [2.75, 3.05) is 13.2 Å². The van der Waals surface area contributed by atoms with Crippen molar-refractivity contribution in [3.63, 3.8) is 0 Å². The van der Waals surface area contributed by atoms with Gasteiger partial charge >= 0.3 is 0 Å². The maximum absolute atomic E-state index is 6.22. The summed E-state index contributed by atoms with van der Waals surface area (Å²) in [6.45, 7) is 0.711. The van der Waals surface area contributed by atoms with Crippen molar-refractivity contribution in [2.45, 2.75) is 12.8 Å². The lowest BCUT2D eigenvalue weighted by Gasteiger charge is -2.12.